The number of hydrogen-bond donors (Lipinski definition) is 0. The van der Waals surface area contributed by atoms with Gasteiger partial charge in [-0.15, -0.1) is 0 Å². The van der Waals surface area contributed by atoms with E-state index >= 15 is 0 Å². The van der Waals surface area contributed by atoms with E-state index in [4.69, 9.17) is 0 Å². The lowest BCUT2D eigenvalue weighted by atomic mass is 10.1. The maximum Gasteiger partial charge on any atom is 0.435 e. The van der Waals surface area contributed by atoms with Crippen molar-refractivity contribution in [1.82, 2.24) is 14.7 Å². The van der Waals surface area contributed by atoms with Crippen LogP contribution in [0.25, 0.3) is 0 Å². The van der Waals surface area contributed by atoms with Crippen molar-refractivity contribution >= 4 is 5.91 Å². The smallest absolute Gasteiger partial charge is 0.338 e. The molecule has 2 aromatic rings. The summed E-state index contributed by atoms with van der Waals surface area (Å²) in [6.45, 7) is 2.43. The molecule has 0 radical (unpaired) electrons. The number of rotatable bonds is 5. The van der Waals surface area contributed by atoms with Gasteiger partial charge in [0.2, 0.25) is 0 Å². The Labute approximate surface area is 132 Å². The van der Waals surface area contributed by atoms with Crippen molar-refractivity contribution in [1.29, 1.82) is 0 Å². The number of halogens is 3. The Kier molecular flexibility index (Phi) is 5.08. The van der Waals surface area contributed by atoms with Gasteiger partial charge in [0.05, 0.1) is 5.56 Å². The molecule has 0 fully saturated rings. The molecular weight excluding hydrogens is 307 g/mol. The van der Waals surface area contributed by atoms with Crippen LogP contribution in [0.2, 0.25) is 0 Å². The molecule has 0 aliphatic heterocycles. The van der Waals surface area contributed by atoms with E-state index in [2.05, 4.69) is 5.10 Å². The molecule has 23 heavy (non-hydrogen) atoms. The number of carbonyl (C=O) groups excluding carboxylic acids is 1. The predicted molar refractivity (Wildman–Crippen MR) is 79.9 cm³/mol. The number of hydrogen-bond acceptors (Lipinski definition) is 2. The second kappa shape index (κ2) is 6.85. The van der Waals surface area contributed by atoms with Gasteiger partial charge >= 0.3 is 6.18 Å². The summed E-state index contributed by atoms with van der Waals surface area (Å²) in [6, 6.07) is 9.50. The van der Waals surface area contributed by atoms with Crippen LogP contribution in [0.15, 0.2) is 36.5 Å². The Morgan fingerprint density at radius 1 is 1.26 bits per heavy atom. The molecule has 7 heteroatoms. The average Bonchev–Trinajstić information content (AvgIpc) is 2.91. The molecular formula is C16H18F3N3O. The van der Waals surface area contributed by atoms with E-state index in [0.717, 1.165) is 16.4 Å². The summed E-state index contributed by atoms with van der Waals surface area (Å²) >= 11 is 0. The predicted octanol–water partition coefficient (Wildman–Crippen LogP) is 3.14. The van der Waals surface area contributed by atoms with Gasteiger partial charge in [-0.1, -0.05) is 30.3 Å². The van der Waals surface area contributed by atoms with Gasteiger partial charge in [0.15, 0.2) is 5.69 Å². The highest BCUT2D eigenvalue weighted by Crippen LogP contribution is 2.31. The second-order valence-corrected chi connectivity index (χ2v) is 5.18. The Morgan fingerprint density at radius 2 is 1.91 bits per heavy atom. The third-order valence-corrected chi connectivity index (χ3v) is 3.51. The minimum atomic E-state index is -4.65. The van der Waals surface area contributed by atoms with Crippen LogP contribution < -0.4 is 0 Å². The van der Waals surface area contributed by atoms with Gasteiger partial charge in [-0.2, -0.15) is 18.3 Å². The lowest BCUT2D eigenvalue weighted by Gasteiger charge is -2.21. The Bertz CT molecular complexity index is 665. The first-order valence-corrected chi connectivity index (χ1v) is 7.27. The number of alkyl halides is 3. The highest BCUT2D eigenvalue weighted by atomic mass is 19.4. The molecule has 1 amide bonds. The van der Waals surface area contributed by atoms with E-state index in [1.54, 1.807) is 6.92 Å². The summed E-state index contributed by atoms with van der Waals surface area (Å²) in [4.78, 5) is 13.9. The molecule has 1 aromatic heterocycles. The van der Waals surface area contributed by atoms with Crippen LogP contribution in [0.4, 0.5) is 13.2 Å². The lowest BCUT2D eigenvalue weighted by molar-refractivity contribution is -0.141. The number of amides is 1. The average molecular weight is 325 g/mol. The lowest BCUT2D eigenvalue weighted by Crippen LogP contribution is -2.33. The van der Waals surface area contributed by atoms with E-state index in [0.29, 0.717) is 19.5 Å². The van der Waals surface area contributed by atoms with Gasteiger partial charge in [0, 0.05) is 26.3 Å². The van der Waals surface area contributed by atoms with Crippen molar-refractivity contribution in [3.05, 3.63) is 53.3 Å². The quantitative estimate of drug-likeness (QED) is 0.847. The van der Waals surface area contributed by atoms with Gasteiger partial charge < -0.3 is 4.90 Å². The van der Waals surface area contributed by atoms with Crippen molar-refractivity contribution < 1.29 is 18.0 Å². The summed E-state index contributed by atoms with van der Waals surface area (Å²) in [5, 5.41) is 3.38. The summed E-state index contributed by atoms with van der Waals surface area (Å²) < 4.78 is 40.0. The Hall–Kier alpha value is -2.31. The van der Waals surface area contributed by atoms with Gasteiger partial charge in [-0.3, -0.25) is 9.48 Å². The summed E-state index contributed by atoms with van der Waals surface area (Å²) in [5.41, 5.74) is -0.515. The van der Waals surface area contributed by atoms with Crippen molar-refractivity contribution in [3.8, 4) is 0 Å². The number of aromatic nitrogens is 2. The van der Waals surface area contributed by atoms with Crippen LogP contribution in [-0.2, 0) is 19.6 Å². The van der Waals surface area contributed by atoms with Crippen molar-refractivity contribution in [2.24, 2.45) is 7.05 Å². The molecule has 1 aromatic carbocycles. The molecule has 0 bridgehead atoms. The van der Waals surface area contributed by atoms with E-state index in [-0.39, 0.29) is 0 Å². The zero-order valence-electron chi connectivity index (χ0n) is 13.0. The minimum absolute atomic E-state index is 0.331. The number of likely N-dealkylation sites (N-methyl/N-ethyl adjacent to an activating group) is 1. The van der Waals surface area contributed by atoms with Gasteiger partial charge in [0.1, 0.15) is 0 Å². The van der Waals surface area contributed by atoms with Crippen LogP contribution in [0.5, 0.6) is 0 Å². The second-order valence-electron chi connectivity index (χ2n) is 5.18. The Morgan fingerprint density at radius 3 is 2.48 bits per heavy atom. The first-order valence-electron chi connectivity index (χ1n) is 7.27. The first-order chi connectivity index (χ1) is 10.8. The molecule has 0 N–H and O–H groups in total. The van der Waals surface area contributed by atoms with E-state index in [1.807, 2.05) is 30.3 Å². The van der Waals surface area contributed by atoms with Gasteiger partial charge in [0.25, 0.3) is 5.91 Å². The largest absolute Gasteiger partial charge is 0.435 e. The number of carbonyl (C=O) groups is 1. The minimum Gasteiger partial charge on any atom is -0.338 e. The highest BCUT2D eigenvalue weighted by Gasteiger charge is 2.39. The molecule has 0 saturated carbocycles. The molecule has 0 unspecified atom stereocenters. The molecule has 4 nitrogen and oxygen atoms in total. The van der Waals surface area contributed by atoms with Crippen molar-refractivity contribution in [3.63, 3.8) is 0 Å². The summed E-state index contributed by atoms with van der Waals surface area (Å²) in [6.07, 6.45) is -2.94. The van der Waals surface area contributed by atoms with Crippen molar-refractivity contribution in [2.75, 3.05) is 13.1 Å². The topological polar surface area (TPSA) is 38.1 Å². The van der Waals surface area contributed by atoms with Crippen LogP contribution in [-0.4, -0.2) is 33.7 Å². The molecule has 0 aliphatic rings. The zero-order chi connectivity index (χ0) is 17.0. The molecule has 0 spiro atoms. The fourth-order valence-corrected chi connectivity index (χ4v) is 2.34. The van der Waals surface area contributed by atoms with Crippen LogP contribution >= 0.6 is 0 Å². The molecule has 0 atom stereocenters. The van der Waals surface area contributed by atoms with Gasteiger partial charge in [-0.25, -0.2) is 0 Å². The molecule has 124 valence electrons. The van der Waals surface area contributed by atoms with Crippen LogP contribution in [0, 0.1) is 0 Å². The standard InChI is InChI=1S/C16H18F3N3O/c1-3-22(10-9-12-7-5-4-6-8-12)15(23)13-11-21(2)20-14(13)16(17,18)19/h4-8,11H,3,9-10H2,1-2H3. The zero-order valence-corrected chi connectivity index (χ0v) is 13.0. The fraction of sp³-hybridized carbons (Fsp3) is 0.375. The van der Waals surface area contributed by atoms with Crippen LogP contribution in [0.1, 0.15) is 28.5 Å². The number of benzene rings is 1. The van der Waals surface area contributed by atoms with Crippen LogP contribution in [0.3, 0.4) is 0 Å². The number of aryl methyl sites for hydroxylation is 1. The van der Waals surface area contributed by atoms with Gasteiger partial charge in [-0.05, 0) is 18.9 Å². The maximum atomic E-state index is 13.0. The highest BCUT2D eigenvalue weighted by molar-refractivity contribution is 5.95. The maximum absolute atomic E-state index is 13.0. The molecule has 0 aliphatic carbocycles. The Balaban J connectivity index is 2.17. The SMILES string of the molecule is CCN(CCc1ccccc1)C(=O)c1cn(C)nc1C(F)(F)F. The summed E-state index contributed by atoms with van der Waals surface area (Å²) in [7, 11) is 1.37. The van der Waals surface area contributed by atoms with Crippen molar-refractivity contribution in [2.45, 2.75) is 19.5 Å². The van der Waals surface area contributed by atoms with E-state index in [9.17, 15) is 18.0 Å². The fourth-order valence-electron chi connectivity index (χ4n) is 2.34. The molecule has 0 saturated heterocycles. The number of nitrogens with zero attached hydrogens (tertiary/aromatic N) is 3. The van der Waals surface area contributed by atoms with E-state index < -0.39 is 23.3 Å². The molecule has 1 heterocycles. The normalized spacial score (nSPS) is 11.5. The summed E-state index contributed by atoms with van der Waals surface area (Å²) in [5.74, 6) is -0.649. The third kappa shape index (κ3) is 4.12. The molecule has 2 rings (SSSR count). The first kappa shape index (κ1) is 17.1. The van der Waals surface area contributed by atoms with E-state index in [1.165, 1.54) is 11.9 Å². The monoisotopic (exact) mass is 325 g/mol. The third-order valence-electron chi connectivity index (χ3n) is 3.51.